The van der Waals surface area contributed by atoms with Crippen molar-refractivity contribution in [3.05, 3.63) is 47.0 Å². The zero-order valence-electron chi connectivity index (χ0n) is 16.6. The van der Waals surface area contributed by atoms with Crippen LogP contribution in [0.1, 0.15) is 48.8 Å². The molecule has 4 aliphatic rings. The predicted molar refractivity (Wildman–Crippen MR) is 107 cm³/mol. The third-order valence-corrected chi connectivity index (χ3v) is 7.94. The van der Waals surface area contributed by atoms with Gasteiger partial charge in [0.1, 0.15) is 0 Å². The van der Waals surface area contributed by atoms with Crippen LogP contribution in [0.2, 0.25) is 0 Å². The minimum Gasteiger partial charge on any atom is -0.381 e. The van der Waals surface area contributed by atoms with Crippen molar-refractivity contribution in [2.24, 2.45) is 23.2 Å². The quantitative estimate of drug-likeness (QED) is 0.817. The average Bonchev–Trinajstić information content (AvgIpc) is 3.33. The van der Waals surface area contributed by atoms with Crippen LogP contribution in [0.4, 0.5) is 0 Å². The molecule has 3 atom stereocenters. The normalized spacial score (nSPS) is 32.0. The van der Waals surface area contributed by atoms with Crippen LogP contribution in [-0.4, -0.2) is 25.7 Å². The number of nitrogens with one attached hydrogen (secondary N) is 1. The molecule has 3 heteroatoms. The lowest BCUT2D eigenvalue weighted by Gasteiger charge is -2.38. The number of aryl methyl sites for hydroxylation is 2. The van der Waals surface area contributed by atoms with Crippen molar-refractivity contribution in [2.45, 2.75) is 51.4 Å². The van der Waals surface area contributed by atoms with Crippen LogP contribution in [-0.2, 0) is 14.9 Å². The van der Waals surface area contributed by atoms with E-state index in [4.69, 9.17) is 4.74 Å². The molecule has 1 amide bonds. The second-order valence-corrected chi connectivity index (χ2v) is 9.58. The summed E-state index contributed by atoms with van der Waals surface area (Å²) in [4.78, 5) is 13.1. The summed E-state index contributed by atoms with van der Waals surface area (Å²) in [6.07, 6.45) is 10.4. The Kier molecular flexibility index (Phi) is 4.02. The third-order valence-electron chi connectivity index (χ3n) is 7.94. The van der Waals surface area contributed by atoms with Gasteiger partial charge in [-0.2, -0.15) is 0 Å². The second-order valence-electron chi connectivity index (χ2n) is 9.58. The summed E-state index contributed by atoms with van der Waals surface area (Å²) < 4.78 is 5.67. The van der Waals surface area contributed by atoms with Crippen LogP contribution in [0.15, 0.2) is 30.4 Å². The Labute approximate surface area is 162 Å². The zero-order chi connectivity index (χ0) is 18.6. The number of rotatable bonds is 4. The summed E-state index contributed by atoms with van der Waals surface area (Å²) in [6.45, 7) is 6.63. The van der Waals surface area contributed by atoms with Crippen LogP contribution < -0.4 is 5.32 Å². The fourth-order valence-corrected chi connectivity index (χ4v) is 6.27. The van der Waals surface area contributed by atoms with Gasteiger partial charge in [0.05, 0.1) is 0 Å². The number of amides is 1. The maximum absolute atomic E-state index is 13.1. The number of hydrogen-bond acceptors (Lipinski definition) is 2. The van der Waals surface area contributed by atoms with E-state index >= 15 is 0 Å². The van der Waals surface area contributed by atoms with E-state index in [1.54, 1.807) is 0 Å². The summed E-state index contributed by atoms with van der Waals surface area (Å²) in [6, 6.07) is 6.85. The highest BCUT2D eigenvalue weighted by molar-refractivity contribution is 5.80. The largest absolute Gasteiger partial charge is 0.381 e. The van der Waals surface area contributed by atoms with Gasteiger partial charge in [-0.3, -0.25) is 4.79 Å². The van der Waals surface area contributed by atoms with Crippen LogP contribution in [0.3, 0.4) is 0 Å². The van der Waals surface area contributed by atoms with Crippen molar-refractivity contribution in [3.63, 3.8) is 0 Å². The van der Waals surface area contributed by atoms with Gasteiger partial charge in [-0.1, -0.05) is 41.5 Å². The molecule has 2 saturated carbocycles. The topological polar surface area (TPSA) is 38.3 Å². The summed E-state index contributed by atoms with van der Waals surface area (Å²) in [5, 5.41) is 3.39. The van der Waals surface area contributed by atoms with E-state index in [0.717, 1.165) is 39.0 Å². The Morgan fingerprint density at radius 2 is 1.78 bits per heavy atom. The summed E-state index contributed by atoms with van der Waals surface area (Å²) in [5.41, 5.74) is 4.46. The molecule has 1 aliphatic heterocycles. The smallest absolute Gasteiger partial charge is 0.223 e. The number of carbonyl (C=O) groups excluding carboxylic acids is 1. The summed E-state index contributed by atoms with van der Waals surface area (Å²) >= 11 is 0. The number of hydrogen-bond donors (Lipinski definition) is 1. The molecule has 3 unspecified atom stereocenters. The van der Waals surface area contributed by atoms with Gasteiger partial charge in [0, 0.05) is 31.1 Å². The molecule has 1 aromatic carbocycles. The van der Waals surface area contributed by atoms with Crippen LogP contribution in [0, 0.1) is 37.0 Å². The number of benzene rings is 1. The lowest BCUT2D eigenvalue weighted by Crippen LogP contribution is -2.46. The predicted octanol–water partition coefficient (Wildman–Crippen LogP) is 4.07. The Hall–Kier alpha value is -1.61. The van der Waals surface area contributed by atoms with Gasteiger partial charge in [0.2, 0.25) is 5.91 Å². The van der Waals surface area contributed by atoms with Gasteiger partial charge in [-0.15, -0.1) is 0 Å². The standard InChI is InChI=1S/C24H31NO2/c1-16-11-17(2)13-19(12-16)23(7-9-27-10-8-23)15-25-22(26)20-14-18-3-4-21(20)24(18)5-6-24/h3-4,11-13,18,20-21H,5-10,14-15H2,1-2H3,(H,25,26). The number of allylic oxidation sites excluding steroid dienone is 2. The molecule has 5 rings (SSSR count). The van der Waals surface area contributed by atoms with Crippen molar-refractivity contribution in [1.82, 2.24) is 5.32 Å². The maximum atomic E-state index is 13.1. The molecule has 3 nitrogen and oxygen atoms in total. The van der Waals surface area contributed by atoms with Crippen molar-refractivity contribution in [3.8, 4) is 0 Å². The highest BCUT2D eigenvalue weighted by Crippen LogP contribution is 2.70. The highest BCUT2D eigenvalue weighted by atomic mass is 16.5. The van der Waals surface area contributed by atoms with Crippen molar-refractivity contribution in [1.29, 1.82) is 0 Å². The van der Waals surface area contributed by atoms with E-state index in [1.807, 2.05) is 0 Å². The third kappa shape index (κ3) is 2.77. The van der Waals surface area contributed by atoms with E-state index in [9.17, 15) is 4.79 Å². The van der Waals surface area contributed by atoms with Crippen molar-refractivity contribution >= 4 is 5.91 Å². The molecule has 2 bridgehead atoms. The minimum absolute atomic E-state index is 0.00934. The van der Waals surface area contributed by atoms with Gasteiger partial charge >= 0.3 is 0 Å². The monoisotopic (exact) mass is 365 g/mol. The molecule has 0 aromatic heterocycles. The highest BCUT2D eigenvalue weighted by Gasteiger charge is 2.64. The maximum Gasteiger partial charge on any atom is 0.223 e. The first-order chi connectivity index (χ1) is 13.0. The Morgan fingerprint density at radius 3 is 2.41 bits per heavy atom. The minimum atomic E-state index is 0.00934. The molecule has 1 heterocycles. The molecular weight excluding hydrogens is 334 g/mol. The van der Waals surface area contributed by atoms with Gasteiger partial charge < -0.3 is 10.1 Å². The van der Waals surface area contributed by atoms with Crippen molar-refractivity contribution in [2.75, 3.05) is 19.8 Å². The molecule has 144 valence electrons. The fourth-order valence-electron chi connectivity index (χ4n) is 6.27. The van der Waals surface area contributed by atoms with E-state index in [0.29, 0.717) is 17.3 Å². The first-order valence-corrected chi connectivity index (χ1v) is 10.7. The van der Waals surface area contributed by atoms with E-state index < -0.39 is 0 Å². The summed E-state index contributed by atoms with van der Waals surface area (Å²) in [5.74, 6) is 1.64. The molecule has 1 spiro atoms. The van der Waals surface area contributed by atoms with Gasteiger partial charge in [-0.25, -0.2) is 0 Å². The molecule has 0 radical (unpaired) electrons. The van der Waals surface area contributed by atoms with Crippen LogP contribution in [0.25, 0.3) is 0 Å². The first kappa shape index (κ1) is 17.5. The molecule has 3 aliphatic carbocycles. The van der Waals surface area contributed by atoms with Crippen LogP contribution >= 0.6 is 0 Å². The molecule has 3 fully saturated rings. The Morgan fingerprint density at radius 1 is 1.07 bits per heavy atom. The van der Waals surface area contributed by atoms with Gasteiger partial charge in [0.15, 0.2) is 0 Å². The molecule has 1 N–H and O–H groups in total. The number of carbonyl (C=O) groups is 1. The average molecular weight is 366 g/mol. The van der Waals surface area contributed by atoms with Crippen LogP contribution in [0.5, 0.6) is 0 Å². The summed E-state index contributed by atoms with van der Waals surface area (Å²) in [7, 11) is 0. The molecule has 1 aromatic rings. The van der Waals surface area contributed by atoms with Gasteiger partial charge in [-0.05, 0) is 68.8 Å². The SMILES string of the molecule is Cc1cc(C)cc(C2(CNC(=O)C3CC4C=CC3C43CC3)CCOCC2)c1. The van der Waals surface area contributed by atoms with Gasteiger partial charge in [0.25, 0.3) is 0 Å². The lowest BCUT2D eigenvalue weighted by atomic mass is 9.73. The molecule has 27 heavy (non-hydrogen) atoms. The molecular formula is C24H31NO2. The first-order valence-electron chi connectivity index (χ1n) is 10.7. The fraction of sp³-hybridized carbons (Fsp3) is 0.625. The Bertz CT molecular complexity index is 765. The van der Waals surface area contributed by atoms with E-state index in [-0.39, 0.29) is 17.2 Å². The Balaban J connectivity index is 1.34. The lowest BCUT2D eigenvalue weighted by molar-refractivity contribution is -0.126. The zero-order valence-corrected chi connectivity index (χ0v) is 16.6. The second kappa shape index (κ2) is 6.20. The van der Waals surface area contributed by atoms with E-state index in [2.05, 4.69) is 49.5 Å². The number of ether oxygens (including phenoxy) is 1. The molecule has 1 saturated heterocycles. The van der Waals surface area contributed by atoms with Crippen molar-refractivity contribution < 1.29 is 9.53 Å². The van der Waals surface area contributed by atoms with E-state index in [1.165, 1.54) is 29.5 Å².